The Labute approximate surface area is 153 Å². The van der Waals surface area contributed by atoms with Gasteiger partial charge in [0, 0.05) is 5.38 Å². The number of benzene rings is 1. The molecule has 1 aromatic carbocycles. The average Bonchev–Trinajstić information content (AvgIpc) is 3.39. The van der Waals surface area contributed by atoms with Crippen LogP contribution >= 0.6 is 22.7 Å². The molecule has 0 amide bonds. The van der Waals surface area contributed by atoms with Crippen molar-refractivity contribution in [2.45, 2.75) is 6.54 Å². The van der Waals surface area contributed by atoms with E-state index in [1.807, 2.05) is 36.4 Å². The van der Waals surface area contributed by atoms with Crippen molar-refractivity contribution in [3.63, 3.8) is 0 Å². The number of furan rings is 1. The zero-order valence-corrected chi connectivity index (χ0v) is 15.2. The second kappa shape index (κ2) is 7.13. The molecule has 0 fully saturated rings. The van der Waals surface area contributed by atoms with Crippen LogP contribution in [0, 0.1) is 0 Å². The molecule has 6 heteroatoms. The summed E-state index contributed by atoms with van der Waals surface area (Å²) in [5, 5.41) is 4.24. The first-order valence-electron chi connectivity index (χ1n) is 7.77. The summed E-state index contributed by atoms with van der Waals surface area (Å²) in [5.41, 5.74) is 2.05. The lowest BCUT2D eigenvalue weighted by Crippen LogP contribution is -2.16. The summed E-state index contributed by atoms with van der Waals surface area (Å²) in [6.07, 6.45) is 1.70. The Bertz CT molecular complexity index is 995. The Morgan fingerprint density at radius 2 is 1.96 bits per heavy atom. The predicted octanol–water partition coefficient (Wildman–Crippen LogP) is 5.16. The molecule has 0 saturated heterocycles. The van der Waals surface area contributed by atoms with Crippen molar-refractivity contribution in [1.29, 1.82) is 0 Å². The lowest BCUT2D eigenvalue weighted by atomic mass is 10.3. The number of aromatic nitrogens is 1. The molecule has 3 heterocycles. The molecule has 3 aromatic heterocycles. The van der Waals surface area contributed by atoms with Crippen molar-refractivity contribution >= 4 is 28.4 Å². The van der Waals surface area contributed by atoms with Crippen LogP contribution in [0.3, 0.4) is 0 Å². The number of thiazole rings is 1. The first-order chi connectivity index (χ1) is 12.3. The van der Waals surface area contributed by atoms with Crippen LogP contribution in [0.25, 0.3) is 10.6 Å². The van der Waals surface area contributed by atoms with Gasteiger partial charge >= 0.3 is 0 Å². The third kappa shape index (κ3) is 3.45. The van der Waals surface area contributed by atoms with Gasteiger partial charge in [-0.15, -0.1) is 22.7 Å². The molecule has 0 radical (unpaired) electrons. The van der Waals surface area contributed by atoms with E-state index in [-0.39, 0.29) is 0 Å². The quantitative estimate of drug-likeness (QED) is 0.488. The number of hydrogen-bond acceptors (Lipinski definition) is 5. The molecule has 4 aromatic rings. The molecule has 0 unspecified atom stereocenters. The van der Waals surface area contributed by atoms with Crippen LogP contribution in [0.4, 0.5) is 5.69 Å². The molecular formula is C19H16N2O2S2. The van der Waals surface area contributed by atoms with Gasteiger partial charge in [-0.25, -0.2) is 4.99 Å². The first-order valence-corrected chi connectivity index (χ1v) is 9.53. The monoisotopic (exact) mass is 368 g/mol. The number of hydrogen-bond donors (Lipinski definition) is 0. The Hall–Kier alpha value is -2.57. The standard InChI is InChI=1S/C19H16N2O2S2/c1-22-15-8-6-14(7-9-15)20-19-21(12-16-4-2-10-23-16)17(13-25-19)18-5-3-11-24-18/h2-11,13H,12H2,1H3. The largest absolute Gasteiger partial charge is 0.497 e. The smallest absolute Gasteiger partial charge is 0.190 e. The molecular weight excluding hydrogens is 352 g/mol. The Kier molecular flexibility index (Phi) is 4.54. The van der Waals surface area contributed by atoms with E-state index in [4.69, 9.17) is 14.1 Å². The second-order valence-corrected chi connectivity index (χ2v) is 7.14. The fraction of sp³-hybridized carbons (Fsp3) is 0.105. The van der Waals surface area contributed by atoms with Gasteiger partial charge in [0.15, 0.2) is 4.80 Å². The van der Waals surface area contributed by atoms with Crippen LogP contribution in [-0.2, 0) is 6.54 Å². The minimum absolute atomic E-state index is 0.652. The molecule has 126 valence electrons. The van der Waals surface area contributed by atoms with Gasteiger partial charge in [-0.3, -0.25) is 0 Å². The van der Waals surface area contributed by atoms with E-state index in [1.165, 1.54) is 4.88 Å². The molecule has 4 nitrogen and oxygen atoms in total. The van der Waals surface area contributed by atoms with Crippen LogP contribution in [0.1, 0.15) is 5.76 Å². The van der Waals surface area contributed by atoms with Gasteiger partial charge < -0.3 is 13.7 Å². The zero-order chi connectivity index (χ0) is 17.1. The van der Waals surface area contributed by atoms with Gasteiger partial charge in [0.1, 0.15) is 11.5 Å². The van der Waals surface area contributed by atoms with Crippen molar-refractivity contribution in [3.8, 4) is 16.3 Å². The molecule has 0 saturated carbocycles. The maximum absolute atomic E-state index is 5.54. The molecule has 25 heavy (non-hydrogen) atoms. The highest BCUT2D eigenvalue weighted by Gasteiger charge is 2.11. The van der Waals surface area contributed by atoms with Crippen LogP contribution in [0.2, 0.25) is 0 Å². The van der Waals surface area contributed by atoms with Crippen molar-refractivity contribution < 1.29 is 9.15 Å². The number of nitrogens with zero attached hydrogens (tertiary/aromatic N) is 2. The molecule has 0 bridgehead atoms. The number of thiophene rings is 1. The summed E-state index contributed by atoms with van der Waals surface area (Å²) in [6, 6.07) is 15.8. The Balaban J connectivity index is 1.79. The lowest BCUT2D eigenvalue weighted by molar-refractivity contribution is 0.415. The van der Waals surface area contributed by atoms with Crippen LogP contribution in [0.5, 0.6) is 5.75 Å². The molecule has 0 atom stereocenters. The lowest BCUT2D eigenvalue weighted by Gasteiger charge is -2.06. The van der Waals surface area contributed by atoms with E-state index in [0.29, 0.717) is 6.54 Å². The minimum atomic E-state index is 0.652. The average molecular weight is 368 g/mol. The van der Waals surface area contributed by atoms with Crippen LogP contribution in [-0.4, -0.2) is 11.7 Å². The van der Waals surface area contributed by atoms with E-state index < -0.39 is 0 Å². The summed E-state index contributed by atoms with van der Waals surface area (Å²) in [5.74, 6) is 1.74. The summed E-state index contributed by atoms with van der Waals surface area (Å²) in [4.78, 5) is 6.97. The highest BCUT2D eigenvalue weighted by atomic mass is 32.1. The van der Waals surface area contributed by atoms with Crippen LogP contribution < -0.4 is 9.54 Å². The normalized spacial score (nSPS) is 11.8. The molecule has 0 aliphatic heterocycles. The van der Waals surface area contributed by atoms with Gasteiger partial charge in [0.05, 0.1) is 36.2 Å². The number of rotatable bonds is 5. The van der Waals surface area contributed by atoms with Crippen molar-refractivity contribution in [2.24, 2.45) is 4.99 Å². The maximum atomic E-state index is 5.54. The molecule has 0 spiro atoms. The van der Waals surface area contributed by atoms with E-state index in [0.717, 1.165) is 27.7 Å². The van der Waals surface area contributed by atoms with Crippen molar-refractivity contribution in [1.82, 2.24) is 4.57 Å². The third-order valence-corrected chi connectivity index (χ3v) is 5.52. The zero-order valence-electron chi connectivity index (χ0n) is 13.6. The maximum Gasteiger partial charge on any atom is 0.190 e. The molecule has 4 rings (SSSR count). The van der Waals surface area contributed by atoms with Gasteiger partial charge in [0.25, 0.3) is 0 Å². The second-order valence-electron chi connectivity index (χ2n) is 5.36. The highest BCUT2D eigenvalue weighted by molar-refractivity contribution is 7.14. The Morgan fingerprint density at radius 3 is 2.64 bits per heavy atom. The van der Waals surface area contributed by atoms with Gasteiger partial charge in [-0.2, -0.15) is 0 Å². The van der Waals surface area contributed by atoms with E-state index in [1.54, 1.807) is 36.0 Å². The SMILES string of the molecule is COc1ccc(N=c2scc(-c3cccs3)n2Cc2ccco2)cc1. The highest BCUT2D eigenvalue weighted by Crippen LogP contribution is 2.26. The topological polar surface area (TPSA) is 39.7 Å². The van der Waals surface area contributed by atoms with Gasteiger partial charge in [0.2, 0.25) is 0 Å². The molecule has 0 aliphatic carbocycles. The Morgan fingerprint density at radius 1 is 1.08 bits per heavy atom. The molecule has 0 N–H and O–H groups in total. The fourth-order valence-electron chi connectivity index (χ4n) is 2.52. The summed E-state index contributed by atoms with van der Waals surface area (Å²) < 4.78 is 12.9. The fourth-order valence-corrected chi connectivity index (χ4v) is 4.26. The molecule has 0 aliphatic rings. The first kappa shape index (κ1) is 15.9. The van der Waals surface area contributed by atoms with Crippen LogP contribution in [0.15, 0.2) is 75.0 Å². The summed E-state index contributed by atoms with van der Waals surface area (Å²) >= 11 is 3.36. The summed E-state index contributed by atoms with van der Waals surface area (Å²) in [7, 11) is 1.66. The van der Waals surface area contributed by atoms with Gasteiger partial charge in [-0.05, 0) is 47.8 Å². The number of ether oxygens (including phenoxy) is 1. The third-order valence-electron chi connectivity index (χ3n) is 3.76. The van der Waals surface area contributed by atoms with Crippen molar-refractivity contribution in [3.05, 3.63) is 76.1 Å². The summed E-state index contributed by atoms with van der Waals surface area (Å²) in [6.45, 7) is 0.652. The van der Waals surface area contributed by atoms with Gasteiger partial charge in [-0.1, -0.05) is 6.07 Å². The van der Waals surface area contributed by atoms with Crippen molar-refractivity contribution in [2.75, 3.05) is 7.11 Å². The van der Waals surface area contributed by atoms with E-state index >= 15 is 0 Å². The minimum Gasteiger partial charge on any atom is -0.497 e. The van der Waals surface area contributed by atoms with E-state index in [2.05, 4.69) is 27.5 Å². The van der Waals surface area contributed by atoms with E-state index in [9.17, 15) is 0 Å². The predicted molar refractivity (Wildman–Crippen MR) is 102 cm³/mol. The number of methoxy groups -OCH3 is 1.